The molecular weight excluding hydrogens is 579 g/mol. The summed E-state index contributed by atoms with van der Waals surface area (Å²) in [6, 6.07) is 30.0. The van der Waals surface area contributed by atoms with E-state index in [0.29, 0.717) is 17.8 Å². The number of fused-ring (bicyclic) bond motifs is 3. The maximum absolute atomic E-state index is 4.83. The van der Waals surface area contributed by atoms with Gasteiger partial charge in [-0.25, -0.2) is 0 Å². The fourth-order valence-corrected chi connectivity index (χ4v) is 9.29. The van der Waals surface area contributed by atoms with Gasteiger partial charge in [0.1, 0.15) is 0 Å². The van der Waals surface area contributed by atoms with E-state index in [2.05, 4.69) is 127 Å². The maximum Gasteiger partial charge on any atom is 0.0776 e. The Morgan fingerprint density at radius 3 is 2.15 bits per heavy atom. The molecule has 0 bridgehead atoms. The molecule has 1 fully saturated rings. The second-order valence-electron chi connectivity index (χ2n) is 14.2. The molecule has 1 nitrogen and oxygen atoms in total. The van der Waals surface area contributed by atoms with E-state index in [1.54, 1.807) is 16.7 Å². The molecule has 0 spiro atoms. The molecule has 1 heterocycles. The Morgan fingerprint density at radius 1 is 0.604 bits per heavy atom. The van der Waals surface area contributed by atoms with Gasteiger partial charge in [0, 0.05) is 23.6 Å². The predicted molar refractivity (Wildman–Crippen MR) is 202 cm³/mol. The van der Waals surface area contributed by atoms with Crippen molar-refractivity contribution < 1.29 is 0 Å². The summed E-state index contributed by atoms with van der Waals surface area (Å²) in [6.45, 7) is 0. The molecule has 1 heteroatoms. The number of benzene rings is 3. The molecule has 2 atom stereocenters. The highest BCUT2D eigenvalue weighted by molar-refractivity contribution is 5.95. The molecule has 9 rings (SSSR count). The second-order valence-corrected chi connectivity index (χ2v) is 14.2. The van der Waals surface area contributed by atoms with Crippen LogP contribution in [-0.4, -0.2) is 4.98 Å². The summed E-state index contributed by atoms with van der Waals surface area (Å²) < 4.78 is 0. The van der Waals surface area contributed by atoms with Gasteiger partial charge in [-0.1, -0.05) is 141 Å². The summed E-state index contributed by atoms with van der Waals surface area (Å²) in [5.74, 6) is 1.31. The van der Waals surface area contributed by atoms with Crippen LogP contribution in [0.2, 0.25) is 0 Å². The summed E-state index contributed by atoms with van der Waals surface area (Å²) in [4.78, 5) is 4.83. The van der Waals surface area contributed by atoms with Gasteiger partial charge in [0.05, 0.1) is 5.69 Å². The lowest BCUT2D eigenvalue weighted by molar-refractivity contribution is 0.442. The lowest BCUT2D eigenvalue weighted by Gasteiger charge is -2.35. The van der Waals surface area contributed by atoms with E-state index in [0.717, 1.165) is 31.4 Å². The highest BCUT2D eigenvalue weighted by Gasteiger charge is 2.33. The fraction of sp³-hybridized carbons (Fsp3) is 0.255. The Labute approximate surface area is 284 Å². The van der Waals surface area contributed by atoms with Gasteiger partial charge in [0.15, 0.2) is 0 Å². The molecule has 0 N–H and O–H groups in total. The SMILES string of the molecule is C1=CC2C(C3=c4cccc(C5CCCCC5)c4=CCC3)=c3ccccc3=C(c3ccc(-c4cccnc4C4=CCCC=C4)cc3)C2C=C1. The van der Waals surface area contributed by atoms with Crippen LogP contribution in [0, 0.1) is 11.8 Å². The summed E-state index contributed by atoms with van der Waals surface area (Å²) in [5, 5.41) is 5.81. The lowest BCUT2D eigenvalue weighted by atomic mass is 9.68. The average molecular weight is 622 g/mol. The molecule has 0 amide bonds. The Morgan fingerprint density at radius 2 is 1.35 bits per heavy atom. The quantitative estimate of drug-likeness (QED) is 0.217. The summed E-state index contributed by atoms with van der Waals surface area (Å²) in [7, 11) is 0. The zero-order valence-electron chi connectivity index (χ0n) is 27.7. The number of nitrogens with zero attached hydrogens (tertiary/aromatic N) is 1. The van der Waals surface area contributed by atoms with Crippen molar-refractivity contribution in [1.29, 1.82) is 0 Å². The number of allylic oxidation sites excluding steroid dienone is 8. The molecule has 5 aliphatic rings. The van der Waals surface area contributed by atoms with Crippen molar-refractivity contribution in [2.45, 2.75) is 63.7 Å². The fourth-order valence-electron chi connectivity index (χ4n) is 9.29. The van der Waals surface area contributed by atoms with Crippen molar-refractivity contribution >= 4 is 28.4 Å². The van der Waals surface area contributed by atoms with Crippen LogP contribution in [0.25, 0.3) is 39.5 Å². The molecular formula is C47H43N. The monoisotopic (exact) mass is 621 g/mol. The first-order valence-corrected chi connectivity index (χ1v) is 18.3. The third-order valence-electron chi connectivity index (χ3n) is 11.5. The van der Waals surface area contributed by atoms with E-state index in [1.807, 2.05) is 6.20 Å². The maximum atomic E-state index is 4.83. The summed E-state index contributed by atoms with van der Waals surface area (Å²) in [5.41, 5.74) is 12.2. The van der Waals surface area contributed by atoms with E-state index in [-0.39, 0.29) is 0 Å². The molecule has 1 saturated carbocycles. The van der Waals surface area contributed by atoms with Crippen molar-refractivity contribution in [3.8, 4) is 11.1 Å². The van der Waals surface area contributed by atoms with Gasteiger partial charge in [-0.2, -0.15) is 0 Å². The van der Waals surface area contributed by atoms with Gasteiger partial charge in [-0.15, -0.1) is 0 Å². The number of pyridine rings is 1. The normalized spacial score (nSPS) is 21.7. The zero-order chi connectivity index (χ0) is 31.9. The second kappa shape index (κ2) is 12.7. The Kier molecular flexibility index (Phi) is 7.77. The Bertz CT molecular complexity index is 2270. The molecule has 1 aromatic heterocycles. The first-order chi connectivity index (χ1) is 23.8. The van der Waals surface area contributed by atoms with Crippen LogP contribution in [0.3, 0.4) is 0 Å². The topological polar surface area (TPSA) is 12.9 Å². The molecule has 4 aromatic rings. The van der Waals surface area contributed by atoms with E-state index in [4.69, 9.17) is 4.98 Å². The smallest absolute Gasteiger partial charge is 0.0776 e. The van der Waals surface area contributed by atoms with E-state index in [1.165, 1.54) is 80.8 Å². The van der Waals surface area contributed by atoms with Crippen LogP contribution < -0.4 is 20.9 Å². The van der Waals surface area contributed by atoms with Gasteiger partial charge >= 0.3 is 0 Å². The number of rotatable bonds is 5. The minimum atomic E-state index is 0.292. The van der Waals surface area contributed by atoms with E-state index < -0.39 is 0 Å². The van der Waals surface area contributed by atoms with Gasteiger partial charge in [-0.3, -0.25) is 4.98 Å². The highest BCUT2D eigenvalue weighted by Crippen LogP contribution is 2.42. The van der Waals surface area contributed by atoms with Crippen molar-refractivity contribution in [2.75, 3.05) is 0 Å². The van der Waals surface area contributed by atoms with E-state index in [9.17, 15) is 0 Å². The third-order valence-corrected chi connectivity index (χ3v) is 11.5. The van der Waals surface area contributed by atoms with Crippen LogP contribution in [0.15, 0.2) is 128 Å². The number of hydrogen-bond acceptors (Lipinski definition) is 1. The van der Waals surface area contributed by atoms with Crippen LogP contribution in [0.1, 0.15) is 80.5 Å². The Hall–Kier alpha value is -4.75. The number of hydrogen-bond donors (Lipinski definition) is 0. The highest BCUT2D eigenvalue weighted by atomic mass is 14.7. The minimum absolute atomic E-state index is 0.292. The summed E-state index contributed by atoms with van der Waals surface area (Å²) >= 11 is 0. The standard InChI is InChI=1S/C47H43N/c1-3-14-32(15-4-1)36-22-11-24-39-38(36)23-12-25-40(39)46-43-20-9-7-18-41(43)45(42-19-8-10-21-44(42)46)34-29-27-33(28-30-34)37-26-13-31-48-47(37)35-16-5-2-6-17-35/h5,7-11,13,16-24,26-32,41,43H,1-4,6,12,14-15,25H2. The van der Waals surface area contributed by atoms with Crippen molar-refractivity contribution in [1.82, 2.24) is 4.98 Å². The van der Waals surface area contributed by atoms with Crippen molar-refractivity contribution in [2.24, 2.45) is 11.8 Å². The molecule has 3 aromatic carbocycles. The zero-order valence-corrected chi connectivity index (χ0v) is 27.7. The van der Waals surface area contributed by atoms with Gasteiger partial charge in [-0.05, 0) is 110 Å². The lowest BCUT2D eigenvalue weighted by Crippen LogP contribution is -2.43. The largest absolute Gasteiger partial charge is 0.256 e. The summed E-state index contributed by atoms with van der Waals surface area (Å²) in [6.07, 6.45) is 32.0. The first kappa shape index (κ1) is 29.4. The number of aromatic nitrogens is 1. The molecule has 0 aliphatic heterocycles. The molecule has 2 unspecified atom stereocenters. The first-order valence-electron chi connectivity index (χ1n) is 18.3. The molecule has 0 saturated heterocycles. The van der Waals surface area contributed by atoms with Gasteiger partial charge in [0.25, 0.3) is 0 Å². The van der Waals surface area contributed by atoms with Crippen molar-refractivity contribution in [3.63, 3.8) is 0 Å². The molecule has 48 heavy (non-hydrogen) atoms. The molecule has 236 valence electrons. The average Bonchev–Trinajstić information content (AvgIpc) is 3.17. The van der Waals surface area contributed by atoms with Crippen LogP contribution >= 0.6 is 0 Å². The van der Waals surface area contributed by atoms with Crippen LogP contribution in [0.4, 0.5) is 0 Å². The molecule has 0 radical (unpaired) electrons. The van der Waals surface area contributed by atoms with E-state index >= 15 is 0 Å². The Balaban J connectivity index is 1.22. The third kappa shape index (κ3) is 5.12. The van der Waals surface area contributed by atoms with Crippen LogP contribution in [-0.2, 0) is 0 Å². The predicted octanol–water partition coefficient (Wildman–Crippen LogP) is 8.68. The van der Waals surface area contributed by atoms with Gasteiger partial charge in [0.2, 0.25) is 0 Å². The van der Waals surface area contributed by atoms with Crippen molar-refractivity contribution in [3.05, 3.63) is 165 Å². The van der Waals surface area contributed by atoms with Crippen LogP contribution in [0.5, 0.6) is 0 Å². The minimum Gasteiger partial charge on any atom is -0.256 e. The molecule has 5 aliphatic carbocycles. The van der Waals surface area contributed by atoms with Gasteiger partial charge < -0.3 is 0 Å².